The molecule has 6 aromatic rings. The summed E-state index contributed by atoms with van der Waals surface area (Å²) >= 11 is -2.26. The fourth-order valence-corrected chi connectivity index (χ4v) is 32.5. The molecule has 0 atom stereocenters. The molecular weight excluding hydrogens is 831 g/mol. The molecule has 276 valence electrons. The average Bonchev–Trinajstić information content (AvgIpc) is 3.59. The van der Waals surface area contributed by atoms with Gasteiger partial charge in [0.05, 0.1) is 32.3 Å². The van der Waals surface area contributed by atoms with E-state index < -0.39 is 55.7 Å². The van der Waals surface area contributed by atoms with Gasteiger partial charge in [-0.15, -0.1) is 68.7 Å². The molecule has 0 unspecified atom stereocenters. The molecule has 0 saturated heterocycles. The Balaban J connectivity index is 0.000000175. The van der Waals surface area contributed by atoms with Gasteiger partial charge in [0.1, 0.15) is 0 Å². The van der Waals surface area contributed by atoms with Crippen LogP contribution in [0, 0.1) is 13.8 Å². The van der Waals surface area contributed by atoms with Gasteiger partial charge in [-0.1, -0.05) is 103 Å². The van der Waals surface area contributed by atoms with Crippen molar-refractivity contribution < 1.29 is 18.0 Å². The van der Waals surface area contributed by atoms with Gasteiger partial charge >= 0.3 is 111 Å². The van der Waals surface area contributed by atoms with Crippen LogP contribution in [0.4, 0.5) is 0 Å². The Morgan fingerprint density at radius 3 is 1.00 bits per heavy atom. The Hall–Kier alpha value is -1.35. The molecule has 0 radical (unpaired) electrons. The molecule has 0 bridgehead atoms. The minimum absolute atomic E-state index is 0.889. The summed E-state index contributed by atoms with van der Waals surface area (Å²) < 4.78 is 0. The molecule has 6 aromatic carbocycles. The predicted molar refractivity (Wildman–Crippen MR) is 250 cm³/mol. The van der Waals surface area contributed by atoms with Gasteiger partial charge in [0.25, 0.3) is 0 Å². The zero-order valence-electron chi connectivity index (χ0n) is 34.1. The van der Waals surface area contributed by atoms with E-state index >= 15 is 0 Å². The molecule has 52 heavy (non-hydrogen) atoms. The number of hydrogen-bond donors (Lipinski definition) is 0. The Labute approximate surface area is 335 Å². The summed E-state index contributed by atoms with van der Waals surface area (Å²) in [5, 5.41) is 15.1. The Morgan fingerprint density at radius 1 is 0.442 bits per heavy atom. The van der Waals surface area contributed by atoms with E-state index in [-0.39, 0.29) is 0 Å². The second kappa shape index (κ2) is 17.2. The zero-order valence-corrected chi connectivity index (χ0v) is 43.1. The molecule has 6 rings (SSSR count). The first-order valence-electron chi connectivity index (χ1n) is 18.6. The van der Waals surface area contributed by atoms with Crippen LogP contribution >= 0.6 is 17.0 Å². The van der Waals surface area contributed by atoms with E-state index in [9.17, 15) is 0 Å². The molecule has 0 spiro atoms. The summed E-state index contributed by atoms with van der Waals surface area (Å²) in [6.07, 6.45) is 0. The maximum absolute atomic E-state index is 6.32. The van der Waals surface area contributed by atoms with Crippen LogP contribution in [0.15, 0.2) is 109 Å². The van der Waals surface area contributed by atoms with Crippen LogP contribution in [-0.4, -0.2) is 37.7 Å². The van der Waals surface area contributed by atoms with Gasteiger partial charge in [-0.2, -0.15) is 22.9 Å². The summed E-state index contributed by atoms with van der Waals surface area (Å²) in [6, 6.07) is 40.1. The molecule has 0 fully saturated rings. The van der Waals surface area contributed by atoms with Crippen LogP contribution in [0.5, 0.6) is 0 Å². The Morgan fingerprint density at radius 2 is 0.731 bits per heavy atom. The van der Waals surface area contributed by atoms with Crippen molar-refractivity contribution in [2.75, 3.05) is 0 Å². The van der Waals surface area contributed by atoms with E-state index in [1.54, 1.807) is 20.7 Å². The second-order valence-corrected chi connectivity index (χ2v) is 57.8. The van der Waals surface area contributed by atoms with Crippen LogP contribution in [-0.2, 0) is 18.0 Å². The predicted octanol–water partition coefficient (Wildman–Crippen LogP) is 10.6. The standard InChI is InChI=1S/2C16H25Si2.C12H10Si.2ClH.Zr/c2*1-12-8-13-10-15(17(2,3)4)16(18(5,6)7)11-14(13)9-12;1-3-7-11(8-4-1)13-12-9-5-2-6-10-12;;;/h2*8-11H,1-7H3;1-10H;2*1H;/q2*-1;;;;+2/p-2. The third kappa shape index (κ3) is 11.3. The Bertz CT molecular complexity index is 1900. The van der Waals surface area contributed by atoms with Crippen molar-refractivity contribution in [1.29, 1.82) is 0 Å². The van der Waals surface area contributed by atoms with Crippen LogP contribution < -0.4 is 31.1 Å². The van der Waals surface area contributed by atoms with Gasteiger partial charge in [0, 0.05) is 0 Å². The molecule has 0 heterocycles. The molecule has 0 aliphatic rings. The van der Waals surface area contributed by atoms with Gasteiger partial charge in [0.15, 0.2) is 0 Å². The van der Waals surface area contributed by atoms with Crippen molar-refractivity contribution in [2.24, 2.45) is 0 Å². The molecule has 0 aliphatic heterocycles. The van der Waals surface area contributed by atoms with Crippen LogP contribution in [0.25, 0.3) is 21.5 Å². The van der Waals surface area contributed by atoms with E-state index in [1.807, 2.05) is 12.1 Å². The van der Waals surface area contributed by atoms with E-state index in [1.165, 1.54) is 43.0 Å². The molecule has 0 nitrogen and oxygen atoms in total. The second-order valence-electron chi connectivity index (χ2n) is 18.5. The molecule has 0 amide bonds. The van der Waals surface area contributed by atoms with Gasteiger partial charge in [-0.05, 0) is 0 Å². The number of halogens is 2. The Kier molecular flexibility index (Phi) is 14.3. The van der Waals surface area contributed by atoms with Crippen molar-refractivity contribution in [3.63, 3.8) is 0 Å². The van der Waals surface area contributed by atoms with E-state index in [0.29, 0.717) is 0 Å². The van der Waals surface area contributed by atoms with Gasteiger partial charge in [-0.25, -0.2) is 0 Å². The molecule has 0 aliphatic carbocycles. The summed E-state index contributed by atoms with van der Waals surface area (Å²) in [6.45, 7) is 34.0. The van der Waals surface area contributed by atoms with Crippen LogP contribution in [0.3, 0.4) is 0 Å². The van der Waals surface area contributed by atoms with E-state index in [2.05, 4.69) is 189 Å². The van der Waals surface area contributed by atoms with Gasteiger partial charge in [-0.3, -0.25) is 0 Å². The first-order chi connectivity index (χ1) is 24.0. The molecule has 0 saturated carbocycles. The van der Waals surface area contributed by atoms with Crippen molar-refractivity contribution >= 4 is 107 Å². The summed E-state index contributed by atoms with van der Waals surface area (Å²) in [7, 11) is 7.60. The summed E-state index contributed by atoms with van der Waals surface area (Å²) in [5.74, 6) is 0. The van der Waals surface area contributed by atoms with E-state index in [0.717, 1.165) is 0 Å². The number of aryl methyl sites for hydroxylation is 2. The summed E-state index contributed by atoms with van der Waals surface area (Å²) in [5.41, 5.74) is 1.89. The van der Waals surface area contributed by atoms with Crippen molar-refractivity contribution in [3.8, 4) is 0 Å². The fourth-order valence-electron chi connectivity index (χ4n) is 6.91. The minimum atomic E-state index is -2.26. The number of hydrogen-bond acceptors (Lipinski definition) is 0. The molecule has 0 N–H and O–H groups in total. The fraction of sp³-hybridized carbons (Fsp3) is 0.318. The maximum atomic E-state index is 6.32. The third-order valence-electron chi connectivity index (χ3n) is 9.53. The third-order valence-corrected chi connectivity index (χ3v) is 34.1. The van der Waals surface area contributed by atoms with Gasteiger partial charge < -0.3 is 0 Å². The monoisotopic (exact) mass is 888 g/mol. The van der Waals surface area contributed by atoms with Gasteiger partial charge in [0.2, 0.25) is 0 Å². The van der Waals surface area contributed by atoms with Crippen molar-refractivity contribution in [3.05, 3.63) is 120 Å². The molecular formula is C44H60Cl2Si5Zr-2. The van der Waals surface area contributed by atoms with E-state index in [4.69, 9.17) is 17.0 Å². The quantitative estimate of drug-likeness (QED) is 0.115. The van der Waals surface area contributed by atoms with Crippen molar-refractivity contribution in [2.45, 2.75) is 92.4 Å². The topological polar surface area (TPSA) is 0 Å². The average molecular weight is 892 g/mol. The zero-order chi connectivity index (χ0) is 38.8. The normalized spacial score (nSPS) is 12.2. The van der Waals surface area contributed by atoms with Crippen molar-refractivity contribution in [1.82, 2.24) is 0 Å². The first-order valence-corrected chi connectivity index (χ1v) is 44.1. The number of fused-ring (bicyclic) bond motifs is 2. The first kappa shape index (κ1) is 43.4. The molecule has 0 aromatic heterocycles. The van der Waals surface area contributed by atoms with Crippen LogP contribution in [0.1, 0.15) is 11.1 Å². The number of rotatable bonds is 6. The van der Waals surface area contributed by atoms with Crippen LogP contribution in [0.2, 0.25) is 78.6 Å². The SMILES string of the molecule is Cc1cc2cc([Si](C)(C)C)c([Si](C)(C)C)cc2[cH-]1.Cc1cc2cc([Si](C)(C)C)c([Si](C)(C)C)cc2[cH-]1.[Cl][Zr]([Cl])=[Si](c1ccccc1)c1ccccc1. The molecule has 8 heteroatoms. The summed E-state index contributed by atoms with van der Waals surface area (Å²) in [4.78, 5) is 0. The number of benzene rings is 4.